The van der Waals surface area contributed by atoms with Crippen LogP contribution in [-0.2, 0) is 15.0 Å². The fourth-order valence-corrected chi connectivity index (χ4v) is 3.09. The molecule has 5 nitrogen and oxygen atoms in total. The number of rotatable bonds is 1. The molecule has 0 saturated carbocycles. The van der Waals surface area contributed by atoms with Gasteiger partial charge in [0.2, 0.25) is 5.91 Å². The average Bonchev–Trinajstić information content (AvgIpc) is 3.04. The van der Waals surface area contributed by atoms with E-state index >= 15 is 0 Å². The molecule has 1 unspecified atom stereocenters. The Labute approximate surface area is 123 Å². The molecule has 0 aromatic heterocycles. The predicted molar refractivity (Wildman–Crippen MR) is 77.9 cm³/mol. The number of hydrogen-bond acceptors (Lipinski definition) is 3. The third kappa shape index (κ3) is 1.95. The van der Waals surface area contributed by atoms with Crippen molar-refractivity contribution in [1.82, 2.24) is 4.90 Å². The van der Waals surface area contributed by atoms with Gasteiger partial charge in [-0.05, 0) is 43.0 Å². The van der Waals surface area contributed by atoms with Crippen LogP contribution < -0.4 is 10.1 Å². The maximum absolute atomic E-state index is 12.5. The van der Waals surface area contributed by atoms with Gasteiger partial charge in [0.05, 0.1) is 12.5 Å². The molecule has 1 atom stereocenters. The van der Waals surface area contributed by atoms with Crippen LogP contribution in [0.25, 0.3) is 0 Å². The monoisotopic (exact) mass is 284 g/mol. The van der Waals surface area contributed by atoms with E-state index in [0.29, 0.717) is 25.3 Å². The Kier molecular flexibility index (Phi) is 3.09. The van der Waals surface area contributed by atoms with Gasteiger partial charge in [0.25, 0.3) is 5.91 Å². The van der Waals surface area contributed by atoms with Crippen LogP contribution in [0.5, 0.6) is 5.75 Å². The summed E-state index contributed by atoms with van der Waals surface area (Å²) in [7, 11) is 1.60. The summed E-state index contributed by atoms with van der Waals surface area (Å²) < 4.78 is 5.25. The summed E-state index contributed by atoms with van der Waals surface area (Å²) in [6.45, 7) is 2.54. The van der Waals surface area contributed by atoms with E-state index in [1.807, 2.05) is 18.2 Å². The van der Waals surface area contributed by atoms with Crippen LogP contribution in [0.2, 0.25) is 0 Å². The Hall–Kier alpha value is -2.48. The second kappa shape index (κ2) is 4.81. The smallest absolute Gasteiger partial charge is 0.298 e. The molecule has 1 fully saturated rings. The van der Waals surface area contributed by atoms with Crippen LogP contribution in [0.4, 0.5) is 5.69 Å². The van der Waals surface area contributed by atoms with Crippen molar-refractivity contribution in [1.29, 1.82) is 0 Å². The molecule has 1 aromatic carbocycles. The lowest BCUT2D eigenvalue weighted by atomic mass is 9.81. The fraction of sp³-hybridized carbons (Fsp3) is 0.375. The van der Waals surface area contributed by atoms with E-state index < -0.39 is 5.41 Å². The minimum absolute atomic E-state index is 0.0505. The maximum atomic E-state index is 12.5. The first-order valence-corrected chi connectivity index (χ1v) is 6.82. The van der Waals surface area contributed by atoms with E-state index in [4.69, 9.17) is 4.74 Å². The molecular weight excluding hydrogens is 268 g/mol. The van der Waals surface area contributed by atoms with Gasteiger partial charge in [-0.2, -0.15) is 0 Å². The van der Waals surface area contributed by atoms with Gasteiger partial charge >= 0.3 is 0 Å². The number of fused-ring (bicyclic) bond motifs is 2. The van der Waals surface area contributed by atoms with Gasteiger partial charge in [0.15, 0.2) is 0 Å². The third-order valence-electron chi connectivity index (χ3n) is 4.21. The highest BCUT2D eigenvalue weighted by atomic mass is 16.5. The molecule has 21 heavy (non-hydrogen) atoms. The number of anilines is 1. The van der Waals surface area contributed by atoms with Gasteiger partial charge in [-0.15, -0.1) is 0 Å². The number of methoxy groups -OCH3 is 1. The number of ether oxygens (including phenoxy) is 1. The van der Waals surface area contributed by atoms with Crippen molar-refractivity contribution in [2.24, 2.45) is 0 Å². The topological polar surface area (TPSA) is 58.6 Å². The van der Waals surface area contributed by atoms with Crippen LogP contribution in [0.3, 0.4) is 0 Å². The molecule has 0 aliphatic carbocycles. The minimum Gasteiger partial charge on any atom is -0.497 e. The van der Waals surface area contributed by atoms with E-state index in [1.165, 1.54) is 0 Å². The Balaban J connectivity index is 1.98. The molecule has 1 aromatic rings. The number of nitrogens with zero attached hydrogens (tertiary/aromatic N) is 1. The lowest BCUT2D eigenvalue weighted by molar-refractivity contribution is -0.125. The Morgan fingerprint density at radius 3 is 3.00 bits per heavy atom. The Morgan fingerprint density at radius 2 is 2.29 bits per heavy atom. The number of benzene rings is 1. The molecule has 1 N–H and O–H groups in total. The van der Waals surface area contributed by atoms with Crippen molar-refractivity contribution < 1.29 is 14.3 Å². The zero-order valence-corrected chi connectivity index (χ0v) is 12.0. The molecule has 1 saturated heterocycles. The lowest BCUT2D eigenvalue weighted by Crippen LogP contribution is -2.39. The van der Waals surface area contributed by atoms with Gasteiger partial charge < -0.3 is 15.0 Å². The second-order valence-corrected chi connectivity index (χ2v) is 5.30. The minimum atomic E-state index is -0.672. The number of amides is 2. The predicted octanol–water partition coefficient (Wildman–Crippen LogP) is 1.14. The molecule has 5 heteroatoms. The number of carbonyl (C=O) groups is 2. The summed E-state index contributed by atoms with van der Waals surface area (Å²) in [5.41, 5.74) is 1.04. The van der Waals surface area contributed by atoms with Crippen LogP contribution >= 0.6 is 0 Å². The molecular formula is C16H16N2O3. The molecule has 0 bridgehead atoms. The molecule has 2 amide bonds. The quantitative estimate of drug-likeness (QED) is 0.787. The SMILES string of the molecule is CC#CC(=O)N1CCC2(C1)C(=O)Nc1ccc(OC)cc12. The molecule has 2 heterocycles. The normalized spacial score (nSPS) is 22.6. The van der Waals surface area contributed by atoms with E-state index in [2.05, 4.69) is 17.2 Å². The van der Waals surface area contributed by atoms with Crippen molar-refractivity contribution in [2.75, 3.05) is 25.5 Å². The van der Waals surface area contributed by atoms with Crippen LogP contribution in [0.15, 0.2) is 18.2 Å². The summed E-state index contributed by atoms with van der Waals surface area (Å²) in [5, 5.41) is 2.90. The zero-order chi connectivity index (χ0) is 15.0. The summed E-state index contributed by atoms with van der Waals surface area (Å²) in [6, 6.07) is 5.54. The van der Waals surface area contributed by atoms with Gasteiger partial charge in [-0.25, -0.2) is 0 Å². The van der Waals surface area contributed by atoms with Gasteiger partial charge in [-0.1, -0.05) is 5.92 Å². The molecule has 2 aliphatic heterocycles. The van der Waals surface area contributed by atoms with Crippen LogP contribution in [0.1, 0.15) is 18.9 Å². The average molecular weight is 284 g/mol. The first-order valence-electron chi connectivity index (χ1n) is 6.82. The largest absolute Gasteiger partial charge is 0.497 e. The van der Waals surface area contributed by atoms with Crippen LogP contribution in [-0.4, -0.2) is 36.9 Å². The summed E-state index contributed by atoms with van der Waals surface area (Å²) >= 11 is 0. The highest BCUT2D eigenvalue weighted by molar-refractivity contribution is 6.07. The zero-order valence-electron chi connectivity index (χ0n) is 12.0. The van der Waals surface area contributed by atoms with E-state index in [1.54, 1.807) is 18.9 Å². The van der Waals surface area contributed by atoms with Gasteiger partial charge in [-0.3, -0.25) is 9.59 Å². The highest BCUT2D eigenvalue weighted by Gasteiger charge is 2.52. The molecule has 1 spiro atoms. The standard InChI is InChI=1S/C16H16N2O3/c1-3-4-14(19)18-8-7-16(10-18)12-9-11(21-2)5-6-13(12)17-15(16)20/h5-6,9H,7-8,10H2,1-2H3,(H,17,20). The van der Waals surface area contributed by atoms with Crippen molar-refractivity contribution >= 4 is 17.5 Å². The first-order chi connectivity index (χ1) is 10.1. The summed E-state index contributed by atoms with van der Waals surface area (Å²) in [6.07, 6.45) is 0.607. The van der Waals surface area contributed by atoms with Gasteiger partial charge in [0, 0.05) is 18.8 Å². The lowest BCUT2D eigenvalue weighted by Gasteiger charge is -2.21. The number of nitrogens with one attached hydrogen (secondary N) is 1. The molecule has 3 rings (SSSR count). The Morgan fingerprint density at radius 1 is 1.48 bits per heavy atom. The van der Waals surface area contributed by atoms with E-state index in [0.717, 1.165) is 11.3 Å². The van der Waals surface area contributed by atoms with Crippen molar-refractivity contribution in [2.45, 2.75) is 18.8 Å². The number of likely N-dealkylation sites (tertiary alicyclic amines) is 1. The fourth-order valence-electron chi connectivity index (χ4n) is 3.09. The molecule has 2 aliphatic rings. The summed E-state index contributed by atoms with van der Waals surface area (Å²) in [4.78, 5) is 26.0. The Bertz CT molecular complexity index is 686. The van der Waals surface area contributed by atoms with Crippen LogP contribution in [0, 0.1) is 11.8 Å². The molecule has 108 valence electrons. The number of carbonyl (C=O) groups excluding carboxylic acids is 2. The maximum Gasteiger partial charge on any atom is 0.298 e. The van der Waals surface area contributed by atoms with Crippen molar-refractivity contribution in [3.63, 3.8) is 0 Å². The van der Waals surface area contributed by atoms with E-state index in [-0.39, 0.29) is 11.8 Å². The summed E-state index contributed by atoms with van der Waals surface area (Å²) in [5.74, 6) is 5.58. The van der Waals surface area contributed by atoms with Gasteiger partial charge in [0.1, 0.15) is 5.75 Å². The first kappa shape index (κ1) is 13.5. The number of hydrogen-bond donors (Lipinski definition) is 1. The highest BCUT2D eigenvalue weighted by Crippen LogP contribution is 2.45. The van der Waals surface area contributed by atoms with Crippen molar-refractivity contribution in [3.05, 3.63) is 23.8 Å². The third-order valence-corrected chi connectivity index (χ3v) is 4.21. The van der Waals surface area contributed by atoms with Crippen molar-refractivity contribution in [3.8, 4) is 17.6 Å². The van der Waals surface area contributed by atoms with E-state index in [9.17, 15) is 9.59 Å². The second-order valence-electron chi connectivity index (χ2n) is 5.30. The molecule has 0 radical (unpaired) electrons.